The summed E-state index contributed by atoms with van der Waals surface area (Å²) in [5.41, 5.74) is 1.86. The van der Waals surface area contributed by atoms with E-state index < -0.39 is 4.92 Å². The highest BCUT2D eigenvalue weighted by atomic mass is 32.1. The molecule has 0 fully saturated rings. The van der Waals surface area contributed by atoms with Crippen molar-refractivity contribution in [1.82, 2.24) is 10.2 Å². The maximum Gasteiger partial charge on any atom is 0.269 e. The highest BCUT2D eigenvalue weighted by Gasteiger charge is 2.29. The first-order chi connectivity index (χ1) is 12.0. The summed E-state index contributed by atoms with van der Waals surface area (Å²) in [6.45, 7) is 5.75. The van der Waals surface area contributed by atoms with Crippen molar-refractivity contribution in [3.05, 3.63) is 61.8 Å². The highest BCUT2D eigenvalue weighted by molar-refractivity contribution is 7.10. The maximum absolute atomic E-state index is 12.2. The van der Waals surface area contributed by atoms with Gasteiger partial charge in [-0.05, 0) is 49.4 Å². The summed E-state index contributed by atoms with van der Waals surface area (Å²) in [7, 11) is 0. The molecule has 1 aliphatic rings. The predicted molar refractivity (Wildman–Crippen MR) is 98.0 cm³/mol. The van der Waals surface area contributed by atoms with E-state index in [0.29, 0.717) is 24.2 Å². The molecule has 1 aliphatic heterocycles. The third-order valence-electron chi connectivity index (χ3n) is 4.73. The van der Waals surface area contributed by atoms with E-state index in [9.17, 15) is 14.9 Å². The van der Waals surface area contributed by atoms with E-state index in [0.717, 1.165) is 13.0 Å². The van der Waals surface area contributed by atoms with Crippen LogP contribution in [-0.4, -0.2) is 34.9 Å². The quantitative estimate of drug-likeness (QED) is 0.656. The number of fused-ring (bicyclic) bond motifs is 1. The summed E-state index contributed by atoms with van der Waals surface area (Å²) in [4.78, 5) is 26.2. The lowest BCUT2D eigenvalue weighted by molar-refractivity contribution is -0.384. The molecular formula is C18H21N3O3S. The molecule has 7 heteroatoms. The van der Waals surface area contributed by atoms with Gasteiger partial charge >= 0.3 is 0 Å². The molecule has 0 aliphatic carbocycles. The Morgan fingerprint density at radius 1 is 1.32 bits per heavy atom. The molecule has 2 aromatic rings. The van der Waals surface area contributed by atoms with Crippen LogP contribution in [0.2, 0.25) is 0 Å². The zero-order valence-corrected chi connectivity index (χ0v) is 15.1. The molecule has 1 aromatic heterocycles. The standard InChI is InChI=1S/C18H21N3O3S/c1-12-11-15-7-10-25-17(15)13(2)20(12)9-8-19-18(22)14-3-5-16(6-4-14)21(23)24/h3-7,10,12-13H,8-9,11H2,1-2H3,(H,19,22)/t12-,13-/m1/s1. The molecular weight excluding hydrogens is 338 g/mol. The van der Waals surface area contributed by atoms with Gasteiger partial charge in [0.15, 0.2) is 0 Å². The van der Waals surface area contributed by atoms with E-state index in [4.69, 9.17) is 0 Å². The number of nitrogens with zero attached hydrogens (tertiary/aromatic N) is 2. The van der Waals surface area contributed by atoms with Gasteiger partial charge in [0.05, 0.1) is 4.92 Å². The van der Waals surface area contributed by atoms with Crippen LogP contribution in [0.25, 0.3) is 0 Å². The van der Waals surface area contributed by atoms with Crippen molar-refractivity contribution in [3.8, 4) is 0 Å². The van der Waals surface area contributed by atoms with Crippen LogP contribution in [0.4, 0.5) is 5.69 Å². The second-order valence-electron chi connectivity index (χ2n) is 6.34. The zero-order chi connectivity index (χ0) is 18.0. The van der Waals surface area contributed by atoms with Crippen LogP contribution in [0.5, 0.6) is 0 Å². The van der Waals surface area contributed by atoms with Crippen molar-refractivity contribution in [2.75, 3.05) is 13.1 Å². The summed E-state index contributed by atoms with van der Waals surface area (Å²) < 4.78 is 0. The molecule has 0 bridgehead atoms. The molecule has 0 saturated carbocycles. The largest absolute Gasteiger partial charge is 0.351 e. The number of non-ortho nitro benzene ring substituents is 1. The van der Waals surface area contributed by atoms with Crippen molar-refractivity contribution in [3.63, 3.8) is 0 Å². The minimum atomic E-state index is -0.473. The molecule has 25 heavy (non-hydrogen) atoms. The molecule has 1 aromatic carbocycles. The van der Waals surface area contributed by atoms with Gasteiger partial charge in [-0.3, -0.25) is 19.8 Å². The number of carbonyl (C=O) groups excluding carboxylic acids is 1. The minimum absolute atomic E-state index is 0.0146. The third kappa shape index (κ3) is 3.72. The number of hydrogen-bond acceptors (Lipinski definition) is 5. The van der Waals surface area contributed by atoms with Gasteiger partial charge in [-0.15, -0.1) is 11.3 Å². The first kappa shape index (κ1) is 17.6. The van der Waals surface area contributed by atoms with Crippen LogP contribution < -0.4 is 5.32 Å². The van der Waals surface area contributed by atoms with E-state index in [1.807, 2.05) is 0 Å². The first-order valence-electron chi connectivity index (χ1n) is 8.32. The van der Waals surface area contributed by atoms with E-state index in [-0.39, 0.29) is 11.6 Å². The molecule has 0 saturated heterocycles. The van der Waals surface area contributed by atoms with Crippen LogP contribution in [-0.2, 0) is 6.42 Å². The Morgan fingerprint density at radius 2 is 2.04 bits per heavy atom. The van der Waals surface area contributed by atoms with Crippen molar-refractivity contribution in [1.29, 1.82) is 0 Å². The fourth-order valence-corrected chi connectivity index (χ4v) is 4.41. The molecule has 2 heterocycles. The molecule has 6 nitrogen and oxygen atoms in total. The maximum atomic E-state index is 12.2. The number of rotatable bonds is 5. The number of nitro groups is 1. The van der Waals surface area contributed by atoms with Crippen LogP contribution in [0.15, 0.2) is 35.7 Å². The molecule has 1 amide bonds. The second kappa shape index (κ2) is 7.33. The number of hydrogen-bond donors (Lipinski definition) is 1. The van der Waals surface area contributed by atoms with E-state index in [2.05, 4.69) is 35.5 Å². The monoisotopic (exact) mass is 359 g/mol. The first-order valence-corrected chi connectivity index (χ1v) is 9.20. The minimum Gasteiger partial charge on any atom is -0.351 e. The molecule has 1 N–H and O–H groups in total. The van der Waals surface area contributed by atoms with Gasteiger partial charge in [-0.25, -0.2) is 0 Å². The fraction of sp³-hybridized carbons (Fsp3) is 0.389. The second-order valence-corrected chi connectivity index (χ2v) is 7.28. The average Bonchev–Trinajstić information content (AvgIpc) is 3.06. The Hall–Kier alpha value is -2.25. The lowest BCUT2D eigenvalue weighted by Gasteiger charge is -2.38. The Bertz CT molecular complexity index is 772. The summed E-state index contributed by atoms with van der Waals surface area (Å²) in [5.74, 6) is -0.205. The molecule has 132 valence electrons. The number of thiophene rings is 1. The fourth-order valence-electron chi connectivity index (χ4n) is 3.40. The molecule has 0 unspecified atom stereocenters. The lowest BCUT2D eigenvalue weighted by Crippen LogP contribution is -2.44. The van der Waals surface area contributed by atoms with Crippen molar-refractivity contribution in [2.45, 2.75) is 32.4 Å². The number of carbonyl (C=O) groups is 1. The van der Waals surface area contributed by atoms with Gasteiger partial charge in [0.25, 0.3) is 11.6 Å². The molecule has 0 radical (unpaired) electrons. The van der Waals surface area contributed by atoms with Gasteiger partial charge in [-0.1, -0.05) is 0 Å². The van der Waals surface area contributed by atoms with Crippen molar-refractivity contribution in [2.24, 2.45) is 0 Å². The topological polar surface area (TPSA) is 75.5 Å². The molecule has 0 spiro atoms. The number of benzene rings is 1. The van der Waals surface area contributed by atoms with Crippen LogP contribution in [0, 0.1) is 10.1 Å². The Balaban J connectivity index is 1.55. The van der Waals surface area contributed by atoms with Crippen LogP contribution in [0.1, 0.15) is 40.7 Å². The van der Waals surface area contributed by atoms with Crippen LogP contribution >= 0.6 is 11.3 Å². The smallest absolute Gasteiger partial charge is 0.269 e. The van der Waals surface area contributed by atoms with E-state index >= 15 is 0 Å². The van der Waals surface area contributed by atoms with E-state index in [1.165, 1.54) is 34.7 Å². The Kier molecular flexibility index (Phi) is 5.15. The average molecular weight is 359 g/mol. The Morgan fingerprint density at radius 3 is 2.72 bits per heavy atom. The summed E-state index contributed by atoms with van der Waals surface area (Å²) >= 11 is 1.80. The molecule has 3 rings (SSSR count). The number of nitro benzene ring substituents is 1. The normalized spacial score (nSPS) is 20.1. The van der Waals surface area contributed by atoms with Crippen molar-refractivity contribution >= 4 is 22.9 Å². The van der Waals surface area contributed by atoms with Gasteiger partial charge < -0.3 is 5.32 Å². The van der Waals surface area contributed by atoms with Gasteiger partial charge in [-0.2, -0.15) is 0 Å². The summed E-state index contributed by atoms with van der Waals surface area (Å²) in [6.07, 6.45) is 1.04. The van der Waals surface area contributed by atoms with Crippen LogP contribution in [0.3, 0.4) is 0 Å². The summed E-state index contributed by atoms with van der Waals surface area (Å²) in [5, 5.41) is 15.7. The van der Waals surface area contributed by atoms with E-state index in [1.54, 1.807) is 11.3 Å². The Labute approximate surface area is 150 Å². The van der Waals surface area contributed by atoms with Gasteiger partial charge in [0.2, 0.25) is 0 Å². The van der Waals surface area contributed by atoms with Gasteiger partial charge in [0.1, 0.15) is 0 Å². The predicted octanol–water partition coefficient (Wildman–Crippen LogP) is 3.39. The van der Waals surface area contributed by atoms with Gasteiger partial charge in [0, 0.05) is 47.7 Å². The summed E-state index contributed by atoms with van der Waals surface area (Å²) in [6, 6.07) is 8.67. The molecule has 2 atom stereocenters. The third-order valence-corrected chi connectivity index (χ3v) is 5.86. The lowest BCUT2D eigenvalue weighted by atomic mass is 9.97. The highest BCUT2D eigenvalue weighted by Crippen LogP contribution is 2.35. The number of nitrogens with one attached hydrogen (secondary N) is 1. The zero-order valence-electron chi connectivity index (χ0n) is 14.3. The number of amides is 1. The van der Waals surface area contributed by atoms with Crippen molar-refractivity contribution < 1.29 is 9.72 Å². The SMILES string of the molecule is C[C@@H]1Cc2ccsc2[C@@H](C)N1CCNC(=O)c1ccc([N+](=O)[O-])cc1.